The van der Waals surface area contributed by atoms with Gasteiger partial charge in [-0.2, -0.15) is 0 Å². The summed E-state index contributed by atoms with van der Waals surface area (Å²) in [5.74, 6) is -1.75. The van der Waals surface area contributed by atoms with Crippen molar-refractivity contribution in [3.05, 3.63) is 24.3 Å². The Labute approximate surface area is 204 Å². The molecule has 2 heterocycles. The van der Waals surface area contributed by atoms with Crippen LogP contribution in [0.15, 0.2) is 24.3 Å². The van der Waals surface area contributed by atoms with Gasteiger partial charge in [0.05, 0.1) is 11.4 Å². The van der Waals surface area contributed by atoms with Gasteiger partial charge in [0, 0.05) is 0 Å². The van der Waals surface area contributed by atoms with Crippen molar-refractivity contribution in [3.63, 3.8) is 0 Å². The van der Waals surface area contributed by atoms with Crippen LogP contribution in [-0.4, -0.2) is 59.9 Å². The number of imide groups is 1. The van der Waals surface area contributed by atoms with E-state index < -0.39 is 42.5 Å². The minimum Gasteiger partial charge on any atom is -0.454 e. The number of esters is 1. The van der Waals surface area contributed by atoms with Gasteiger partial charge in [0.15, 0.2) is 6.61 Å². The summed E-state index contributed by atoms with van der Waals surface area (Å²) in [6, 6.07) is 6.19. The van der Waals surface area contributed by atoms with E-state index in [0.29, 0.717) is 30.1 Å². The molecule has 35 heavy (non-hydrogen) atoms. The zero-order chi connectivity index (χ0) is 25.4. The Hall–Kier alpha value is -3.43. The number of nitrogens with zero attached hydrogens (tertiary/aromatic N) is 2. The quantitative estimate of drug-likeness (QED) is 0.472. The molecule has 2 N–H and O–H groups in total. The molecule has 0 aromatic heterocycles. The van der Waals surface area contributed by atoms with Crippen molar-refractivity contribution in [1.29, 1.82) is 0 Å². The first-order valence-electron chi connectivity index (χ1n) is 12.1. The van der Waals surface area contributed by atoms with E-state index in [1.165, 1.54) is 4.90 Å². The van der Waals surface area contributed by atoms with Gasteiger partial charge >= 0.3 is 12.0 Å². The van der Waals surface area contributed by atoms with Crippen molar-refractivity contribution in [3.8, 4) is 0 Å². The highest BCUT2D eigenvalue weighted by Gasteiger charge is 2.54. The molecule has 10 nitrogen and oxygen atoms in total. The van der Waals surface area contributed by atoms with Gasteiger partial charge in [0.1, 0.15) is 18.6 Å². The van der Waals surface area contributed by atoms with Gasteiger partial charge in [-0.3, -0.25) is 29.0 Å². The Balaban J connectivity index is 1.33. The predicted molar refractivity (Wildman–Crippen MR) is 127 cm³/mol. The van der Waals surface area contributed by atoms with Crippen molar-refractivity contribution in [2.24, 2.45) is 11.3 Å². The second kappa shape index (κ2) is 9.31. The molecule has 0 bridgehead atoms. The Morgan fingerprint density at radius 1 is 1.14 bits per heavy atom. The van der Waals surface area contributed by atoms with E-state index in [1.807, 2.05) is 0 Å². The van der Waals surface area contributed by atoms with Gasteiger partial charge in [-0.05, 0) is 49.1 Å². The summed E-state index contributed by atoms with van der Waals surface area (Å²) >= 11 is 0. The number of fused-ring (bicyclic) bond motifs is 1. The highest BCUT2D eigenvalue weighted by molar-refractivity contribution is 6.11. The lowest BCUT2D eigenvalue weighted by Gasteiger charge is -2.42. The minimum atomic E-state index is -0.974. The largest absolute Gasteiger partial charge is 0.454 e. The molecular formula is C25H32N4O6. The van der Waals surface area contributed by atoms with Crippen molar-refractivity contribution < 1.29 is 28.7 Å². The van der Waals surface area contributed by atoms with Crippen LogP contribution in [0.4, 0.5) is 16.2 Å². The summed E-state index contributed by atoms with van der Waals surface area (Å²) < 4.78 is 5.08. The summed E-state index contributed by atoms with van der Waals surface area (Å²) in [5.41, 5.74) is 0.188. The number of benzene rings is 1. The standard InChI is InChI=1S/C25H32N4O6/c1-4-24(2,3)16-9-11-25(12-10-16)22(33)29(23(34)27-25)14-21(32)35-15-20(31)28-13-19(30)26-17-7-5-6-8-18(17)28/h5-8,16H,4,9-15H2,1-3H3,(H,26,30)(H,27,34). The number of para-hydroxylation sites is 2. The second-order valence-corrected chi connectivity index (χ2v) is 10.2. The van der Waals surface area contributed by atoms with E-state index in [2.05, 4.69) is 31.4 Å². The van der Waals surface area contributed by atoms with E-state index >= 15 is 0 Å². The molecular weight excluding hydrogens is 452 g/mol. The molecule has 0 atom stereocenters. The van der Waals surface area contributed by atoms with Gasteiger partial charge in [0.25, 0.3) is 11.8 Å². The smallest absolute Gasteiger partial charge is 0.326 e. The van der Waals surface area contributed by atoms with Crippen LogP contribution >= 0.6 is 0 Å². The Kier molecular flexibility index (Phi) is 6.57. The molecule has 1 spiro atoms. The third-order valence-electron chi connectivity index (χ3n) is 7.82. The highest BCUT2D eigenvalue weighted by Crippen LogP contribution is 2.45. The van der Waals surface area contributed by atoms with Crippen LogP contribution in [0.2, 0.25) is 0 Å². The summed E-state index contributed by atoms with van der Waals surface area (Å²) in [5, 5.41) is 5.49. The molecule has 1 saturated heterocycles. The van der Waals surface area contributed by atoms with Gasteiger partial charge in [-0.25, -0.2) is 4.79 Å². The molecule has 5 amide bonds. The number of hydrogen-bond donors (Lipinski definition) is 2. The monoisotopic (exact) mass is 484 g/mol. The topological polar surface area (TPSA) is 125 Å². The highest BCUT2D eigenvalue weighted by atomic mass is 16.5. The van der Waals surface area contributed by atoms with Crippen LogP contribution in [-0.2, 0) is 23.9 Å². The molecule has 10 heteroatoms. The van der Waals surface area contributed by atoms with Crippen molar-refractivity contribution in [1.82, 2.24) is 10.2 Å². The molecule has 1 saturated carbocycles. The summed E-state index contributed by atoms with van der Waals surface area (Å²) in [7, 11) is 0. The maximum absolute atomic E-state index is 13.1. The number of amides is 5. The number of carbonyl (C=O) groups is 5. The Morgan fingerprint density at radius 2 is 1.83 bits per heavy atom. The lowest BCUT2D eigenvalue weighted by atomic mass is 9.65. The molecule has 4 rings (SSSR count). The summed E-state index contributed by atoms with van der Waals surface area (Å²) in [6.45, 7) is 5.23. The lowest BCUT2D eigenvalue weighted by Crippen LogP contribution is -2.51. The number of anilines is 2. The number of nitrogens with one attached hydrogen (secondary N) is 2. The first kappa shape index (κ1) is 24.7. The van der Waals surface area contributed by atoms with Gasteiger partial charge < -0.3 is 15.4 Å². The zero-order valence-corrected chi connectivity index (χ0v) is 20.4. The molecule has 3 aliphatic rings. The van der Waals surface area contributed by atoms with Crippen molar-refractivity contribution in [2.75, 3.05) is 29.9 Å². The average molecular weight is 485 g/mol. The van der Waals surface area contributed by atoms with Crippen LogP contribution in [0.25, 0.3) is 0 Å². The normalized spacial score (nSPS) is 24.2. The molecule has 2 fully saturated rings. The number of hydrogen-bond acceptors (Lipinski definition) is 6. The van der Waals surface area contributed by atoms with Crippen LogP contribution < -0.4 is 15.5 Å². The molecule has 188 valence electrons. The third-order valence-corrected chi connectivity index (χ3v) is 7.82. The van der Waals surface area contributed by atoms with Crippen LogP contribution in [0.5, 0.6) is 0 Å². The van der Waals surface area contributed by atoms with E-state index in [0.717, 1.165) is 24.2 Å². The molecule has 2 aliphatic heterocycles. The van der Waals surface area contributed by atoms with E-state index in [1.54, 1.807) is 24.3 Å². The summed E-state index contributed by atoms with van der Waals surface area (Å²) in [6.07, 6.45) is 3.75. The van der Waals surface area contributed by atoms with E-state index in [-0.39, 0.29) is 17.9 Å². The molecule has 1 aromatic rings. The average Bonchev–Trinajstić information content (AvgIpc) is 3.06. The fourth-order valence-electron chi connectivity index (χ4n) is 5.19. The van der Waals surface area contributed by atoms with Gasteiger partial charge in [-0.1, -0.05) is 39.3 Å². The number of carbonyl (C=O) groups excluding carboxylic acids is 5. The summed E-state index contributed by atoms with van der Waals surface area (Å²) in [4.78, 5) is 64.8. The molecule has 1 aromatic carbocycles. The number of ether oxygens (including phenoxy) is 1. The third kappa shape index (κ3) is 4.74. The SMILES string of the molecule is CCC(C)(C)C1CCC2(CC1)NC(=O)N(CC(=O)OCC(=O)N1CC(=O)Nc3ccccc31)C2=O. The Morgan fingerprint density at radius 3 is 2.51 bits per heavy atom. The van der Waals surface area contributed by atoms with Crippen molar-refractivity contribution >= 4 is 41.1 Å². The first-order chi connectivity index (χ1) is 16.6. The first-order valence-corrected chi connectivity index (χ1v) is 12.1. The lowest BCUT2D eigenvalue weighted by molar-refractivity contribution is -0.150. The minimum absolute atomic E-state index is 0.166. The maximum atomic E-state index is 13.1. The van der Waals surface area contributed by atoms with Crippen LogP contribution in [0.1, 0.15) is 52.9 Å². The Bertz CT molecular complexity index is 1060. The second-order valence-electron chi connectivity index (χ2n) is 10.2. The maximum Gasteiger partial charge on any atom is 0.326 e. The van der Waals surface area contributed by atoms with Crippen LogP contribution in [0, 0.1) is 11.3 Å². The molecule has 0 unspecified atom stereocenters. The van der Waals surface area contributed by atoms with Crippen molar-refractivity contribution in [2.45, 2.75) is 58.4 Å². The van der Waals surface area contributed by atoms with E-state index in [9.17, 15) is 24.0 Å². The fraction of sp³-hybridized carbons (Fsp3) is 0.560. The van der Waals surface area contributed by atoms with Crippen LogP contribution in [0.3, 0.4) is 0 Å². The predicted octanol–water partition coefficient (Wildman–Crippen LogP) is 2.43. The van der Waals surface area contributed by atoms with E-state index in [4.69, 9.17) is 4.74 Å². The van der Waals surface area contributed by atoms with Gasteiger partial charge in [-0.15, -0.1) is 0 Å². The number of urea groups is 1. The van der Waals surface area contributed by atoms with Gasteiger partial charge in [0.2, 0.25) is 5.91 Å². The molecule has 1 aliphatic carbocycles. The fourth-order valence-corrected chi connectivity index (χ4v) is 5.19. The number of rotatable bonds is 6. The zero-order valence-electron chi connectivity index (χ0n) is 20.4. The molecule has 0 radical (unpaired) electrons.